The highest BCUT2D eigenvalue weighted by molar-refractivity contribution is 5.91. The molecule has 9 aliphatic rings. The van der Waals surface area contributed by atoms with Crippen LogP contribution in [-0.2, 0) is 36.5 Å². The first-order valence-corrected chi connectivity index (χ1v) is 25.3. The molecular formula is C65H60N2. The van der Waals surface area contributed by atoms with Crippen LogP contribution in [0.15, 0.2) is 188 Å². The molecule has 0 saturated heterocycles. The van der Waals surface area contributed by atoms with Crippen molar-refractivity contribution < 1.29 is 0 Å². The van der Waals surface area contributed by atoms with Crippen molar-refractivity contribution in [3.05, 3.63) is 227 Å². The van der Waals surface area contributed by atoms with Crippen molar-refractivity contribution in [1.82, 2.24) is 0 Å². The number of para-hydroxylation sites is 2. The Balaban J connectivity index is 0.896. The summed E-state index contributed by atoms with van der Waals surface area (Å²) in [5, 5.41) is 0. The molecule has 0 atom stereocenters. The molecule has 330 valence electrons. The molecule has 0 amide bonds. The highest BCUT2D eigenvalue weighted by atomic mass is 15.2. The van der Waals surface area contributed by atoms with Crippen molar-refractivity contribution in [1.29, 1.82) is 0 Å². The number of rotatable bonds is 8. The molecule has 0 aliphatic heterocycles. The standard InChI is InChI=1S/C65H60N2/c1-64(2)59-19-11-9-18-57(59)58-34-33-55(40-60(58)64)67(61-20-12-10-17-56(61)49-13-5-3-6-14-49)63-39-45-22-26-50-25-21-44(23-27-51(63)28-24-45)38-62(50)66(53-15-7-4-8-16-53)54-31-29-52(30-32-54)65-41-46-35-47(42-65)37-48(36-46)43-65/h3-21,24-25,28-34,38-40,46-48H,22-23,26-27,35-37,41-43H2,1-2H3. The summed E-state index contributed by atoms with van der Waals surface area (Å²) in [4.78, 5) is 5.14. The SMILES string of the molecule is CC1(C)c2ccccc2-c2ccc(N(c3cc4ccc3CCc3ccc(c(N(c5ccccc5)c5ccc(C67CC8CC(CC(C8)C6)C7)cc5)c3)CC4)c3ccccc3-c3ccccc3)cc21. The van der Waals surface area contributed by atoms with Crippen molar-refractivity contribution in [3.63, 3.8) is 0 Å². The lowest BCUT2D eigenvalue weighted by molar-refractivity contribution is -0.00518. The smallest absolute Gasteiger partial charge is 0.0540 e. The van der Waals surface area contributed by atoms with Gasteiger partial charge in [0.25, 0.3) is 0 Å². The third-order valence-electron chi connectivity index (χ3n) is 17.0. The molecule has 8 aromatic carbocycles. The van der Waals surface area contributed by atoms with Gasteiger partial charge in [0, 0.05) is 39.4 Å². The van der Waals surface area contributed by atoms with Gasteiger partial charge < -0.3 is 9.80 Å². The summed E-state index contributed by atoms with van der Waals surface area (Å²) in [7, 11) is 0. The summed E-state index contributed by atoms with van der Waals surface area (Å²) in [5.41, 5.74) is 22.7. The predicted molar refractivity (Wildman–Crippen MR) is 280 cm³/mol. The summed E-state index contributed by atoms with van der Waals surface area (Å²) in [6.45, 7) is 4.79. The quantitative estimate of drug-likeness (QED) is 0.150. The molecular weight excluding hydrogens is 809 g/mol. The molecule has 0 unspecified atom stereocenters. The van der Waals surface area contributed by atoms with E-state index in [4.69, 9.17) is 0 Å². The van der Waals surface area contributed by atoms with E-state index in [1.807, 2.05) is 0 Å². The minimum atomic E-state index is -0.109. The Hall–Kier alpha value is -6.64. The molecule has 9 aliphatic carbocycles. The molecule has 0 spiro atoms. The van der Waals surface area contributed by atoms with Crippen LogP contribution >= 0.6 is 0 Å². The highest BCUT2D eigenvalue weighted by Crippen LogP contribution is 2.61. The average Bonchev–Trinajstić information content (AvgIpc) is 3.58. The van der Waals surface area contributed by atoms with E-state index in [1.165, 1.54) is 128 Å². The number of benzene rings is 8. The molecule has 4 fully saturated rings. The van der Waals surface area contributed by atoms with E-state index in [-0.39, 0.29) is 5.41 Å². The normalized spacial score (nSPS) is 21.6. The van der Waals surface area contributed by atoms with Crippen LogP contribution in [-0.4, -0.2) is 0 Å². The van der Waals surface area contributed by atoms with E-state index in [0.29, 0.717) is 5.41 Å². The van der Waals surface area contributed by atoms with E-state index in [0.717, 1.165) is 43.4 Å². The second-order valence-corrected chi connectivity index (χ2v) is 21.5. The Kier molecular flexibility index (Phi) is 9.71. The fourth-order valence-electron chi connectivity index (χ4n) is 14.1. The second kappa shape index (κ2) is 16.0. The Morgan fingerprint density at radius 1 is 0.388 bits per heavy atom. The van der Waals surface area contributed by atoms with Gasteiger partial charge in [-0.3, -0.25) is 0 Å². The lowest BCUT2D eigenvalue weighted by Crippen LogP contribution is -2.48. The van der Waals surface area contributed by atoms with Crippen LogP contribution in [0, 0.1) is 17.8 Å². The molecule has 0 radical (unpaired) electrons. The maximum Gasteiger partial charge on any atom is 0.0540 e. The third kappa shape index (κ3) is 6.97. The van der Waals surface area contributed by atoms with Gasteiger partial charge in [0.15, 0.2) is 0 Å². The molecule has 0 N–H and O–H groups in total. The monoisotopic (exact) mass is 868 g/mol. The largest absolute Gasteiger partial charge is 0.310 e. The van der Waals surface area contributed by atoms with Crippen molar-refractivity contribution >= 4 is 34.1 Å². The Morgan fingerprint density at radius 2 is 0.910 bits per heavy atom. The fourth-order valence-corrected chi connectivity index (χ4v) is 14.1. The summed E-state index contributed by atoms with van der Waals surface area (Å²) in [6, 6.07) is 72.0. The number of aryl methyl sites for hydroxylation is 4. The van der Waals surface area contributed by atoms with Gasteiger partial charge in [-0.1, -0.05) is 147 Å². The average molecular weight is 869 g/mol. The zero-order valence-electron chi connectivity index (χ0n) is 39.1. The zero-order valence-corrected chi connectivity index (χ0v) is 39.1. The van der Waals surface area contributed by atoms with Gasteiger partial charge >= 0.3 is 0 Å². The van der Waals surface area contributed by atoms with Crippen LogP contribution in [0.2, 0.25) is 0 Å². The number of hydrogen-bond acceptors (Lipinski definition) is 2. The van der Waals surface area contributed by atoms with Gasteiger partial charge in [-0.05, 0) is 198 Å². The van der Waals surface area contributed by atoms with E-state index in [1.54, 1.807) is 5.56 Å². The summed E-state index contributed by atoms with van der Waals surface area (Å²) in [5.74, 6) is 2.82. The number of fused-ring (bicyclic) bond motifs is 3. The summed E-state index contributed by atoms with van der Waals surface area (Å²) in [6.07, 6.45) is 12.4. The molecule has 67 heavy (non-hydrogen) atoms. The van der Waals surface area contributed by atoms with Gasteiger partial charge in [-0.15, -0.1) is 0 Å². The fraction of sp³-hybridized carbons (Fsp3) is 0.262. The second-order valence-electron chi connectivity index (χ2n) is 21.5. The van der Waals surface area contributed by atoms with Crippen molar-refractivity contribution in [2.45, 2.75) is 88.9 Å². The number of hydrogen-bond donors (Lipinski definition) is 0. The Labute approximate surface area is 398 Å². The van der Waals surface area contributed by atoms with Gasteiger partial charge in [0.05, 0.1) is 5.69 Å². The Bertz CT molecular complexity index is 3110. The molecule has 17 rings (SSSR count). The number of anilines is 6. The van der Waals surface area contributed by atoms with E-state index in [9.17, 15) is 0 Å². The lowest BCUT2D eigenvalue weighted by Gasteiger charge is -2.57. The van der Waals surface area contributed by atoms with E-state index >= 15 is 0 Å². The topological polar surface area (TPSA) is 6.48 Å². The molecule has 2 heteroatoms. The molecule has 8 bridgehead atoms. The first-order chi connectivity index (χ1) is 32.9. The maximum absolute atomic E-state index is 2.59. The summed E-state index contributed by atoms with van der Waals surface area (Å²) >= 11 is 0. The Morgan fingerprint density at radius 3 is 1.57 bits per heavy atom. The van der Waals surface area contributed by atoms with Crippen LogP contribution < -0.4 is 9.80 Å². The first-order valence-electron chi connectivity index (χ1n) is 25.3. The van der Waals surface area contributed by atoms with Gasteiger partial charge in [-0.25, -0.2) is 0 Å². The zero-order chi connectivity index (χ0) is 44.7. The predicted octanol–water partition coefficient (Wildman–Crippen LogP) is 17.0. The molecule has 0 heterocycles. The van der Waals surface area contributed by atoms with Crippen LogP contribution in [0.25, 0.3) is 22.3 Å². The van der Waals surface area contributed by atoms with Crippen LogP contribution in [0.3, 0.4) is 0 Å². The minimum Gasteiger partial charge on any atom is -0.310 e. The van der Waals surface area contributed by atoms with Crippen LogP contribution in [0.4, 0.5) is 34.1 Å². The van der Waals surface area contributed by atoms with E-state index < -0.39 is 0 Å². The van der Waals surface area contributed by atoms with Gasteiger partial charge in [0.2, 0.25) is 0 Å². The minimum absolute atomic E-state index is 0.109. The number of nitrogens with zero attached hydrogens (tertiary/aromatic N) is 2. The highest BCUT2D eigenvalue weighted by Gasteiger charge is 2.51. The van der Waals surface area contributed by atoms with Crippen molar-refractivity contribution in [2.75, 3.05) is 9.80 Å². The van der Waals surface area contributed by atoms with Gasteiger partial charge in [-0.2, -0.15) is 0 Å². The molecule has 8 aromatic rings. The molecule has 2 nitrogen and oxygen atoms in total. The first kappa shape index (κ1) is 40.6. The maximum atomic E-state index is 2.59. The third-order valence-corrected chi connectivity index (χ3v) is 17.0. The van der Waals surface area contributed by atoms with Crippen LogP contribution in [0.5, 0.6) is 0 Å². The van der Waals surface area contributed by atoms with Crippen LogP contribution in [0.1, 0.15) is 91.3 Å². The summed E-state index contributed by atoms with van der Waals surface area (Å²) < 4.78 is 0. The van der Waals surface area contributed by atoms with E-state index in [2.05, 4.69) is 212 Å². The lowest BCUT2D eigenvalue weighted by atomic mass is 9.48. The van der Waals surface area contributed by atoms with Gasteiger partial charge in [0.1, 0.15) is 0 Å². The van der Waals surface area contributed by atoms with Crippen molar-refractivity contribution in [2.24, 2.45) is 17.8 Å². The molecule has 0 aromatic heterocycles. The van der Waals surface area contributed by atoms with Crippen molar-refractivity contribution in [3.8, 4) is 22.3 Å². The molecule has 4 saturated carbocycles.